The third-order valence-corrected chi connectivity index (χ3v) is 1.15. The van der Waals surface area contributed by atoms with E-state index in [9.17, 15) is 0 Å². The molecule has 0 spiro atoms. The van der Waals surface area contributed by atoms with Crippen LogP contribution in [-0.2, 0) is 0 Å². The Labute approximate surface area is 42.8 Å². The number of allylic oxidation sites excluding steroid dienone is 2. The first kappa shape index (κ1) is 4.20. The third kappa shape index (κ3) is 0.749. The minimum Gasteiger partial charge on any atom is -0.0895 e. The van der Waals surface area contributed by atoms with Crippen molar-refractivity contribution in [2.24, 2.45) is 0 Å². The van der Waals surface area contributed by atoms with E-state index in [0.29, 0.717) is 0 Å². The number of halogens is 1. The van der Waals surface area contributed by atoms with Gasteiger partial charge in [0.1, 0.15) is 0 Å². The van der Waals surface area contributed by atoms with Gasteiger partial charge in [0.2, 0.25) is 0 Å². The van der Waals surface area contributed by atoms with Crippen molar-refractivity contribution in [1.29, 1.82) is 0 Å². The van der Waals surface area contributed by atoms with E-state index in [0.717, 1.165) is 17.9 Å². The Bertz CT molecular complexity index is 74.0. The van der Waals surface area contributed by atoms with Gasteiger partial charge in [0.05, 0.1) is 0 Å². The highest BCUT2D eigenvalue weighted by atomic mass is 35.5. The van der Waals surface area contributed by atoms with Crippen LogP contribution in [0.5, 0.6) is 0 Å². The van der Waals surface area contributed by atoms with Gasteiger partial charge in [0.25, 0.3) is 0 Å². The molecule has 0 saturated carbocycles. The van der Waals surface area contributed by atoms with Crippen molar-refractivity contribution in [2.75, 3.05) is 0 Å². The topological polar surface area (TPSA) is 0 Å². The maximum absolute atomic E-state index is 5.54. The Morgan fingerprint density at radius 3 is 2.67 bits per heavy atom. The van der Waals surface area contributed by atoms with Crippen molar-refractivity contribution in [3.8, 4) is 0 Å². The van der Waals surface area contributed by atoms with Gasteiger partial charge in [0.15, 0.2) is 0 Å². The van der Waals surface area contributed by atoms with E-state index in [2.05, 4.69) is 6.42 Å². The first-order chi connectivity index (χ1) is 2.89. The van der Waals surface area contributed by atoms with Gasteiger partial charge in [-0.2, -0.15) is 0 Å². The fourth-order valence-electron chi connectivity index (χ4n) is 0.516. The Hall–Kier alpha value is 0.0300. The molecule has 0 aromatic carbocycles. The summed E-state index contributed by atoms with van der Waals surface area (Å²) in [4.78, 5) is 0. The van der Waals surface area contributed by atoms with Crippen LogP contribution in [0.25, 0.3) is 0 Å². The van der Waals surface area contributed by atoms with Crippen LogP contribution in [0.15, 0.2) is 11.1 Å². The Kier molecular flexibility index (Phi) is 1.16. The number of hydrogen-bond donors (Lipinski definition) is 0. The Balaban J connectivity index is 2.45. The minimum absolute atomic E-state index is 0.988. The van der Waals surface area contributed by atoms with Crippen LogP contribution in [0, 0.1) is 6.42 Å². The van der Waals surface area contributed by atoms with E-state index in [1.165, 1.54) is 0 Å². The molecule has 0 atom stereocenters. The molecule has 0 N–H and O–H groups in total. The second-order valence-electron chi connectivity index (χ2n) is 1.38. The molecule has 0 amide bonds. The lowest BCUT2D eigenvalue weighted by atomic mass is 10.4. The molecule has 6 heavy (non-hydrogen) atoms. The lowest BCUT2D eigenvalue weighted by molar-refractivity contribution is 1.19. The average molecular weight is 102 g/mol. The standard InChI is InChI=1S/C5H6Cl/c6-5-3-1-2-4-5/h1,4H,2-3H2. The van der Waals surface area contributed by atoms with Crippen molar-refractivity contribution in [2.45, 2.75) is 12.8 Å². The SMILES string of the molecule is ClC1=CC[CH]C1. The molecule has 1 radical (unpaired) electrons. The number of hydrogen-bond acceptors (Lipinski definition) is 0. The van der Waals surface area contributed by atoms with Crippen molar-refractivity contribution in [3.63, 3.8) is 0 Å². The fraction of sp³-hybridized carbons (Fsp3) is 0.400. The fourth-order valence-corrected chi connectivity index (χ4v) is 0.714. The van der Waals surface area contributed by atoms with Gasteiger partial charge in [-0.3, -0.25) is 0 Å². The summed E-state index contributed by atoms with van der Waals surface area (Å²) < 4.78 is 0. The molecular weight excluding hydrogens is 95.5 g/mol. The summed E-state index contributed by atoms with van der Waals surface area (Å²) in [5, 5.41) is 0.995. The normalized spacial score (nSPS) is 21.2. The van der Waals surface area contributed by atoms with E-state index in [1.807, 2.05) is 6.08 Å². The van der Waals surface area contributed by atoms with Gasteiger partial charge in [-0.1, -0.05) is 17.7 Å². The van der Waals surface area contributed by atoms with Gasteiger partial charge in [-0.25, -0.2) is 0 Å². The van der Waals surface area contributed by atoms with Crippen LogP contribution >= 0.6 is 11.6 Å². The predicted octanol–water partition coefficient (Wildman–Crippen LogP) is 2.11. The smallest absolute Gasteiger partial charge is 0.0144 e. The van der Waals surface area contributed by atoms with Crippen molar-refractivity contribution in [3.05, 3.63) is 17.5 Å². The molecule has 1 heteroatoms. The highest BCUT2D eigenvalue weighted by Crippen LogP contribution is 2.18. The maximum atomic E-state index is 5.54. The van der Waals surface area contributed by atoms with Crippen LogP contribution in [0.3, 0.4) is 0 Å². The molecule has 0 aliphatic heterocycles. The van der Waals surface area contributed by atoms with Crippen LogP contribution < -0.4 is 0 Å². The minimum atomic E-state index is 0.988. The molecule has 33 valence electrons. The van der Waals surface area contributed by atoms with Gasteiger partial charge < -0.3 is 0 Å². The van der Waals surface area contributed by atoms with E-state index >= 15 is 0 Å². The summed E-state index contributed by atoms with van der Waals surface area (Å²) in [6, 6.07) is 0. The molecule has 1 aliphatic carbocycles. The van der Waals surface area contributed by atoms with Crippen LogP contribution in [0.2, 0.25) is 0 Å². The zero-order valence-electron chi connectivity index (χ0n) is 3.45. The molecule has 0 fully saturated rings. The first-order valence-corrected chi connectivity index (χ1v) is 2.43. The summed E-state index contributed by atoms with van der Waals surface area (Å²) in [6.45, 7) is 0. The van der Waals surface area contributed by atoms with Gasteiger partial charge in [-0.15, -0.1) is 0 Å². The molecular formula is C5H6Cl. The summed E-state index contributed by atoms with van der Waals surface area (Å²) in [5.74, 6) is 0. The summed E-state index contributed by atoms with van der Waals surface area (Å²) in [6.07, 6.45) is 6.24. The van der Waals surface area contributed by atoms with Crippen molar-refractivity contribution in [1.82, 2.24) is 0 Å². The monoisotopic (exact) mass is 101 g/mol. The largest absolute Gasteiger partial charge is 0.0895 e. The summed E-state index contributed by atoms with van der Waals surface area (Å²) in [5.41, 5.74) is 0. The van der Waals surface area contributed by atoms with Crippen LogP contribution in [-0.4, -0.2) is 0 Å². The first-order valence-electron chi connectivity index (χ1n) is 2.06. The second kappa shape index (κ2) is 1.65. The van der Waals surface area contributed by atoms with Crippen LogP contribution in [0.4, 0.5) is 0 Å². The maximum Gasteiger partial charge on any atom is 0.0144 e. The Morgan fingerprint density at radius 1 is 1.67 bits per heavy atom. The van der Waals surface area contributed by atoms with Crippen LogP contribution in [0.1, 0.15) is 12.8 Å². The summed E-state index contributed by atoms with van der Waals surface area (Å²) >= 11 is 5.54. The molecule has 0 unspecified atom stereocenters. The second-order valence-corrected chi connectivity index (χ2v) is 1.86. The third-order valence-electron chi connectivity index (χ3n) is 0.845. The highest BCUT2D eigenvalue weighted by Gasteiger charge is 1.97. The van der Waals surface area contributed by atoms with E-state index < -0.39 is 0 Å². The molecule has 1 rings (SSSR count). The van der Waals surface area contributed by atoms with Gasteiger partial charge >= 0.3 is 0 Å². The average Bonchev–Trinajstić information content (AvgIpc) is 1.86. The summed E-state index contributed by atoms with van der Waals surface area (Å²) in [7, 11) is 0. The zero-order chi connectivity index (χ0) is 4.41. The zero-order valence-corrected chi connectivity index (χ0v) is 4.20. The van der Waals surface area contributed by atoms with E-state index in [-0.39, 0.29) is 0 Å². The number of rotatable bonds is 0. The molecule has 0 nitrogen and oxygen atoms in total. The van der Waals surface area contributed by atoms with E-state index in [4.69, 9.17) is 11.6 Å². The van der Waals surface area contributed by atoms with Crippen molar-refractivity contribution < 1.29 is 0 Å². The molecule has 0 bridgehead atoms. The Morgan fingerprint density at radius 2 is 2.50 bits per heavy atom. The highest BCUT2D eigenvalue weighted by molar-refractivity contribution is 6.29. The van der Waals surface area contributed by atoms with Gasteiger partial charge in [-0.05, 0) is 19.3 Å². The lowest BCUT2D eigenvalue weighted by Crippen LogP contribution is -1.57. The van der Waals surface area contributed by atoms with Gasteiger partial charge in [0, 0.05) is 5.03 Å². The van der Waals surface area contributed by atoms with Crippen molar-refractivity contribution >= 4 is 11.6 Å². The molecule has 0 aromatic rings. The molecule has 0 saturated heterocycles. The molecule has 0 heterocycles. The lowest BCUT2D eigenvalue weighted by Gasteiger charge is -1.76. The quantitative estimate of drug-likeness (QED) is 0.438. The van der Waals surface area contributed by atoms with E-state index in [1.54, 1.807) is 0 Å². The molecule has 0 aromatic heterocycles. The predicted molar refractivity (Wildman–Crippen MR) is 27.5 cm³/mol. The molecule has 1 aliphatic rings.